The molecule has 0 aromatic heterocycles. The molecule has 0 bridgehead atoms. The summed E-state index contributed by atoms with van der Waals surface area (Å²) in [6.07, 6.45) is 9.95. The number of aliphatic imine (C=N–C) groups is 1. The van der Waals surface area contributed by atoms with Gasteiger partial charge in [-0.2, -0.15) is 11.8 Å². The van der Waals surface area contributed by atoms with Crippen molar-refractivity contribution in [1.29, 1.82) is 0 Å². The van der Waals surface area contributed by atoms with E-state index in [0.29, 0.717) is 12.0 Å². The largest absolute Gasteiger partial charge is 0.387 e. The van der Waals surface area contributed by atoms with Gasteiger partial charge in [0.05, 0.1) is 11.9 Å². The first-order valence-corrected chi connectivity index (χ1v) is 6.94. The smallest absolute Gasteiger partial charge is 0.0971 e. The first-order valence-electron chi connectivity index (χ1n) is 5.65. The van der Waals surface area contributed by atoms with Crippen LogP contribution in [0.4, 0.5) is 0 Å². The summed E-state index contributed by atoms with van der Waals surface area (Å²) in [7, 11) is 0. The highest BCUT2D eigenvalue weighted by Crippen LogP contribution is 2.32. The normalized spacial score (nSPS) is 34.5. The second-order valence-corrected chi connectivity index (χ2v) is 5.64. The summed E-state index contributed by atoms with van der Waals surface area (Å²) in [4.78, 5) is 4.68. The molecule has 2 rings (SSSR count). The van der Waals surface area contributed by atoms with E-state index in [-0.39, 0.29) is 0 Å². The van der Waals surface area contributed by atoms with E-state index in [1.54, 1.807) is 0 Å². The van der Waals surface area contributed by atoms with Crippen LogP contribution >= 0.6 is 11.8 Å². The third-order valence-corrected chi connectivity index (χ3v) is 4.35. The van der Waals surface area contributed by atoms with Crippen molar-refractivity contribution in [2.45, 2.75) is 49.8 Å². The zero-order valence-electron chi connectivity index (χ0n) is 8.91. The van der Waals surface area contributed by atoms with Gasteiger partial charge in [0.1, 0.15) is 0 Å². The van der Waals surface area contributed by atoms with Gasteiger partial charge < -0.3 is 5.73 Å². The summed E-state index contributed by atoms with van der Waals surface area (Å²) in [5, 5.41) is 0.824. The Labute approximate surface area is 90.7 Å². The molecule has 2 aliphatic rings. The fourth-order valence-corrected chi connectivity index (χ4v) is 2.96. The molecule has 2 atom stereocenters. The van der Waals surface area contributed by atoms with Gasteiger partial charge in [0.25, 0.3) is 0 Å². The Morgan fingerprint density at radius 3 is 2.71 bits per heavy atom. The molecule has 0 aliphatic heterocycles. The Hall–Kier alpha value is -0.180. The minimum atomic E-state index is 0.529. The lowest BCUT2D eigenvalue weighted by Gasteiger charge is -2.25. The number of hydrogen-bond acceptors (Lipinski definition) is 2. The fourth-order valence-electron chi connectivity index (χ4n) is 2.15. The number of thioether (sulfide) groups is 1. The zero-order valence-corrected chi connectivity index (χ0v) is 9.72. The average molecular weight is 212 g/mol. The fraction of sp³-hybridized carbons (Fsp3) is 0.909. The quantitative estimate of drug-likeness (QED) is 0.576. The van der Waals surface area contributed by atoms with Crippen LogP contribution in [0.15, 0.2) is 4.99 Å². The van der Waals surface area contributed by atoms with Gasteiger partial charge in [-0.05, 0) is 38.4 Å². The van der Waals surface area contributed by atoms with E-state index in [1.165, 1.54) is 38.5 Å². The Bertz CT molecular complexity index is 223. The van der Waals surface area contributed by atoms with E-state index >= 15 is 0 Å². The molecule has 0 radical (unpaired) electrons. The van der Waals surface area contributed by atoms with Crippen molar-refractivity contribution in [2.24, 2.45) is 16.6 Å². The van der Waals surface area contributed by atoms with Crippen molar-refractivity contribution < 1.29 is 0 Å². The maximum Gasteiger partial charge on any atom is 0.0971 e. The lowest BCUT2D eigenvalue weighted by atomic mass is 9.95. The van der Waals surface area contributed by atoms with E-state index in [4.69, 9.17) is 5.73 Å². The van der Waals surface area contributed by atoms with Crippen LogP contribution in [0.5, 0.6) is 0 Å². The summed E-state index contributed by atoms with van der Waals surface area (Å²) in [6.45, 7) is 0. The minimum Gasteiger partial charge on any atom is -0.387 e. The molecule has 3 heteroatoms. The second-order valence-electron chi connectivity index (χ2n) is 4.51. The van der Waals surface area contributed by atoms with Gasteiger partial charge >= 0.3 is 0 Å². The molecule has 2 fully saturated rings. The Morgan fingerprint density at radius 1 is 1.29 bits per heavy atom. The molecule has 0 aromatic rings. The summed E-state index contributed by atoms with van der Waals surface area (Å²) < 4.78 is 0. The predicted molar refractivity (Wildman–Crippen MR) is 63.9 cm³/mol. The van der Waals surface area contributed by atoms with E-state index in [9.17, 15) is 0 Å². The van der Waals surface area contributed by atoms with Gasteiger partial charge in [0.2, 0.25) is 0 Å². The van der Waals surface area contributed by atoms with Crippen LogP contribution in [0.2, 0.25) is 0 Å². The highest BCUT2D eigenvalue weighted by Gasteiger charge is 2.27. The molecule has 14 heavy (non-hydrogen) atoms. The second kappa shape index (κ2) is 4.56. The molecule has 0 saturated heterocycles. The number of nitrogens with two attached hydrogens (primary N) is 1. The van der Waals surface area contributed by atoms with E-state index in [1.807, 2.05) is 11.8 Å². The molecule has 0 aromatic carbocycles. The molecule has 80 valence electrons. The molecule has 2 aliphatic carbocycles. The van der Waals surface area contributed by atoms with Gasteiger partial charge in [-0.25, -0.2) is 0 Å². The number of nitrogens with zero attached hydrogens (tertiary/aromatic N) is 1. The van der Waals surface area contributed by atoms with E-state index in [2.05, 4.69) is 11.2 Å². The third-order valence-electron chi connectivity index (χ3n) is 3.26. The van der Waals surface area contributed by atoms with Gasteiger partial charge in [-0.1, -0.05) is 6.42 Å². The molecule has 2 N–H and O–H groups in total. The van der Waals surface area contributed by atoms with Gasteiger partial charge in [-0.15, -0.1) is 0 Å². The lowest BCUT2D eigenvalue weighted by Crippen LogP contribution is -2.24. The molecular formula is C11H20N2S. The number of rotatable bonds is 3. The van der Waals surface area contributed by atoms with Gasteiger partial charge in [0, 0.05) is 11.2 Å². The highest BCUT2D eigenvalue weighted by atomic mass is 32.2. The van der Waals surface area contributed by atoms with E-state index in [0.717, 1.165) is 11.1 Å². The Morgan fingerprint density at radius 2 is 2.07 bits per heavy atom. The Balaban J connectivity index is 1.87. The van der Waals surface area contributed by atoms with Crippen molar-refractivity contribution in [3.8, 4) is 0 Å². The van der Waals surface area contributed by atoms with Crippen LogP contribution in [0, 0.1) is 5.92 Å². The minimum absolute atomic E-state index is 0.529. The maximum atomic E-state index is 5.94. The lowest BCUT2D eigenvalue weighted by molar-refractivity contribution is 0.452. The van der Waals surface area contributed by atoms with Crippen LogP contribution in [0.25, 0.3) is 0 Å². The summed E-state index contributed by atoms with van der Waals surface area (Å²) in [5.41, 5.74) is 5.94. The first-order chi connectivity index (χ1) is 6.79. The monoisotopic (exact) mass is 212 g/mol. The van der Waals surface area contributed by atoms with Crippen molar-refractivity contribution in [3.63, 3.8) is 0 Å². The molecule has 0 amide bonds. The maximum absolute atomic E-state index is 5.94. The molecule has 2 unspecified atom stereocenters. The molecule has 2 saturated carbocycles. The van der Waals surface area contributed by atoms with Gasteiger partial charge in [0.15, 0.2) is 0 Å². The standard InChI is InChI=1S/C11H20N2S/c1-14-10-4-2-3-9(7-10)13-11(12)8-5-6-8/h8-10H,2-7H2,1H3,(H2,12,13). The average Bonchev–Trinajstić information content (AvgIpc) is 3.01. The molecule has 0 heterocycles. The van der Waals surface area contributed by atoms with Crippen molar-refractivity contribution >= 4 is 17.6 Å². The van der Waals surface area contributed by atoms with Crippen molar-refractivity contribution in [1.82, 2.24) is 0 Å². The van der Waals surface area contributed by atoms with Crippen LogP contribution in [0.1, 0.15) is 38.5 Å². The van der Waals surface area contributed by atoms with Crippen molar-refractivity contribution in [3.05, 3.63) is 0 Å². The molecule has 0 spiro atoms. The van der Waals surface area contributed by atoms with Gasteiger partial charge in [-0.3, -0.25) is 4.99 Å². The van der Waals surface area contributed by atoms with Crippen molar-refractivity contribution in [2.75, 3.05) is 6.26 Å². The predicted octanol–water partition coefficient (Wildman–Crippen LogP) is 2.43. The van der Waals surface area contributed by atoms with Crippen LogP contribution in [0.3, 0.4) is 0 Å². The molecule has 2 nitrogen and oxygen atoms in total. The summed E-state index contributed by atoms with van der Waals surface area (Å²) in [6, 6.07) is 0.529. The topological polar surface area (TPSA) is 38.4 Å². The molecular weight excluding hydrogens is 192 g/mol. The van der Waals surface area contributed by atoms with E-state index < -0.39 is 0 Å². The summed E-state index contributed by atoms with van der Waals surface area (Å²) in [5.74, 6) is 1.58. The summed E-state index contributed by atoms with van der Waals surface area (Å²) >= 11 is 1.99. The first kappa shape index (κ1) is 10.3. The van der Waals surface area contributed by atoms with Crippen LogP contribution < -0.4 is 5.73 Å². The third kappa shape index (κ3) is 2.66. The van der Waals surface area contributed by atoms with Crippen LogP contribution in [-0.4, -0.2) is 23.4 Å². The highest BCUT2D eigenvalue weighted by molar-refractivity contribution is 7.99. The number of hydrogen-bond donors (Lipinski definition) is 1. The number of amidine groups is 1. The zero-order chi connectivity index (χ0) is 9.97. The Kier molecular flexibility index (Phi) is 3.37. The van der Waals surface area contributed by atoms with Crippen LogP contribution in [-0.2, 0) is 0 Å². The SMILES string of the molecule is CSC1CCCC(N=C(N)C2CC2)C1.